The number of rotatable bonds is 5. The Hall–Kier alpha value is -1.82. The van der Waals surface area contributed by atoms with Gasteiger partial charge in [0.2, 0.25) is 0 Å². The molecular weight excluding hydrogens is 433 g/mol. The second kappa shape index (κ2) is 8.71. The van der Waals surface area contributed by atoms with Gasteiger partial charge in [-0.15, -0.1) is 0 Å². The van der Waals surface area contributed by atoms with Crippen molar-refractivity contribution in [3.8, 4) is 0 Å². The molecular formula is C22H25IN3-. The molecule has 1 aliphatic rings. The van der Waals surface area contributed by atoms with Crippen molar-refractivity contribution in [1.82, 2.24) is 10.2 Å². The number of nitrogens with one attached hydrogen (secondary N) is 1. The molecule has 2 aromatic carbocycles. The molecule has 4 rings (SSSR count). The minimum atomic E-state index is -0.356. The van der Waals surface area contributed by atoms with E-state index in [-0.39, 0.29) is 21.5 Å². The van der Waals surface area contributed by atoms with E-state index in [4.69, 9.17) is 5.10 Å². The summed E-state index contributed by atoms with van der Waals surface area (Å²) < 4.78 is 3.81. The zero-order valence-corrected chi connectivity index (χ0v) is 17.1. The summed E-state index contributed by atoms with van der Waals surface area (Å²) >= 11 is -0.356. The molecule has 0 unspecified atom stereocenters. The van der Waals surface area contributed by atoms with Gasteiger partial charge in [-0.25, -0.2) is 0 Å². The molecule has 1 aliphatic carbocycles. The Morgan fingerprint density at radius 2 is 1.50 bits per heavy atom. The van der Waals surface area contributed by atoms with E-state index in [1.165, 1.54) is 53.5 Å². The van der Waals surface area contributed by atoms with Crippen LogP contribution in [0.1, 0.15) is 50.1 Å². The second-order valence-electron chi connectivity index (χ2n) is 6.87. The van der Waals surface area contributed by atoms with Gasteiger partial charge >= 0.3 is 167 Å². The molecule has 26 heavy (non-hydrogen) atoms. The van der Waals surface area contributed by atoms with Crippen LogP contribution in [0.5, 0.6) is 0 Å². The number of aromatic nitrogens is 2. The second-order valence-corrected chi connectivity index (χ2v) is 9.56. The molecule has 1 fully saturated rings. The SMILES string of the molecule is c1ccc([I-]N(c2ccccc2)c2cc(C3CCCCCC3)[nH]n2)cc1. The molecule has 1 N–H and O–H groups in total. The van der Waals surface area contributed by atoms with E-state index >= 15 is 0 Å². The van der Waals surface area contributed by atoms with Crippen LogP contribution in [-0.2, 0) is 0 Å². The number of nitrogens with zero attached hydrogens (tertiary/aromatic N) is 2. The Balaban J connectivity index is 1.61. The fourth-order valence-electron chi connectivity index (χ4n) is 3.58. The molecule has 0 atom stereocenters. The quantitative estimate of drug-likeness (QED) is 0.363. The molecule has 4 heteroatoms. The summed E-state index contributed by atoms with van der Waals surface area (Å²) in [5.41, 5.74) is 2.54. The topological polar surface area (TPSA) is 31.9 Å². The molecule has 136 valence electrons. The summed E-state index contributed by atoms with van der Waals surface area (Å²) in [6.07, 6.45) is 8.04. The first kappa shape index (κ1) is 17.6. The summed E-state index contributed by atoms with van der Waals surface area (Å²) in [6, 6.07) is 23.7. The Kier molecular flexibility index (Phi) is 5.89. The molecule has 3 aromatic rings. The third-order valence-corrected chi connectivity index (χ3v) is 7.79. The van der Waals surface area contributed by atoms with Gasteiger partial charge < -0.3 is 0 Å². The first-order valence-corrected chi connectivity index (χ1v) is 11.5. The van der Waals surface area contributed by atoms with Crippen molar-refractivity contribution in [2.45, 2.75) is 44.4 Å². The molecule has 0 aliphatic heterocycles. The number of para-hydroxylation sites is 1. The van der Waals surface area contributed by atoms with Crippen molar-refractivity contribution < 1.29 is 21.5 Å². The summed E-state index contributed by atoms with van der Waals surface area (Å²) in [6.45, 7) is 0. The molecule has 0 saturated heterocycles. The zero-order chi connectivity index (χ0) is 17.6. The van der Waals surface area contributed by atoms with Crippen LogP contribution in [-0.4, -0.2) is 10.2 Å². The zero-order valence-electron chi connectivity index (χ0n) is 14.9. The number of H-pyrrole nitrogens is 1. The number of hydrogen-bond acceptors (Lipinski definition) is 2. The van der Waals surface area contributed by atoms with Gasteiger partial charge in [0.1, 0.15) is 0 Å². The normalized spacial score (nSPS) is 15.7. The maximum atomic E-state index is 4.72. The number of anilines is 2. The van der Waals surface area contributed by atoms with Crippen molar-refractivity contribution in [1.29, 1.82) is 0 Å². The fourth-order valence-corrected chi connectivity index (χ4v) is 5.97. The fraction of sp³-hybridized carbons (Fsp3) is 0.318. The van der Waals surface area contributed by atoms with E-state index in [0.717, 1.165) is 5.82 Å². The molecule has 3 nitrogen and oxygen atoms in total. The first-order valence-electron chi connectivity index (χ1n) is 9.51. The van der Waals surface area contributed by atoms with Crippen LogP contribution in [0.3, 0.4) is 0 Å². The predicted octanol–water partition coefficient (Wildman–Crippen LogP) is 2.86. The Morgan fingerprint density at radius 1 is 0.846 bits per heavy atom. The van der Waals surface area contributed by atoms with Gasteiger partial charge in [0.15, 0.2) is 0 Å². The van der Waals surface area contributed by atoms with Crippen LogP contribution in [0.25, 0.3) is 0 Å². The summed E-state index contributed by atoms with van der Waals surface area (Å²) in [5.74, 6) is 1.71. The third-order valence-electron chi connectivity index (χ3n) is 4.98. The van der Waals surface area contributed by atoms with Gasteiger partial charge in [-0.05, 0) is 0 Å². The minimum absolute atomic E-state index is 0.356. The molecule has 1 saturated carbocycles. The van der Waals surface area contributed by atoms with Crippen LogP contribution in [0.2, 0.25) is 0 Å². The van der Waals surface area contributed by atoms with Gasteiger partial charge in [-0.2, -0.15) is 0 Å². The summed E-state index contributed by atoms with van der Waals surface area (Å²) in [5, 5.41) is 8.09. The molecule has 1 heterocycles. The van der Waals surface area contributed by atoms with Gasteiger partial charge in [-0.1, -0.05) is 0 Å². The van der Waals surface area contributed by atoms with Crippen molar-refractivity contribution in [3.63, 3.8) is 0 Å². The average Bonchev–Trinajstić information content (AvgIpc) is 3.02. The van der Waals surface area contributed by atoms with Gasteiger partial charge in [0, 0.05) is 0 Å². The molecule has 0 bridgehead atoms. The monoisotopic (exact) mass is 458 g/mol. The van der Waals surface area contributed by atoms with E-state index in [1.54, 1.807) is 0 Å². The number of hydrogen-bond donors (Lipinski definition) is 1. The van der Waals surface area contributed by atoms with E-state index in [2.05, 4.69) is 74.9 Å². The van der Waals surface area contributed by atoms with Crippen molar-refractivity contribution in [2.75, 3.05) is 3.11 Å². The number of benzene rings is 2. The van der Waals surface area contributed by atoms with Crippen molar-refractivity contribution >= 4 is 11.5 Å². The molecule has 0 spiro atoms. The van der Waals surface area contributed by atoms with E-state index in [1.807, 2.05) is 0 Å². The van der Waals surface area contributed by atoms with E-state index < -0.39 is 0 Å². The van der Waals surface area contributed by atoms with E-state index in [9.17, 15) is 0 Å². The van der Waals surface area contributed by atoms with Gasteiger partial charge in [-0.3, -0.25) is 0 Å². The summed E-state index contributed by atoms with van der Waals surface area (Å²) in [4.78, 5) is 0. The van der Waals surface area contributed by atoms with Crippen LogP contribution in [0.15, 0.2) is 66.7 Å². The van der Waals surface area contributed by atoms with Crippen molar-refractivity contribution in [2.24, 2.45) is 0 Å². The van der Waals surface area contributed by atoms with Crippen LogP contribution in [0, 0.1) is 3.57 Å². The Labute approximate surface area is 166 Å². The third kappa shape index (κ3) is 4.29. The number of aromatic amines is 1. The number of halogens is 1. The first-order chi connectivity index (χ1) is 12.9. The summed E-state index contributed by atoms with van der Waals surface area (Å²) in [7, 11) is 0. The molecule has 0 amide bonds. The van der Waals surface area contributed by atoms with Gasteiger partial charge in [0.05, 0.1) is 0 Å². The standard InChI is InChI=1S/C22H25IN3/c1-2-6-12-18(11-5-1)21-17-22(25-24-21)26(20-15-9-4-10-16-20)23-19-13-7-3-8-14-19/h3-4,7-10,13-18H,1-2,5-6,11-12H2,(H,24,25)/q-1. The molecule has 1 aromatic heterocycles. The molecule has 0 radical (unpaired) electrons. The predicted molar refractivity (Wildman–Crippen MR) is 103 cm³/mol. The Morgan fingerprint density at radius 3 is 2.19 bits per heavy atom. The average molecular weight is 458 g/mol. The maximum absolute atomic E-state index is 4.72. The van der Waals surface area contributed by atoms with Crippen molar-refractivity contribution in [3.05, 3.63) is 76.0 Å². The van der Waals surface area contributed by atoms with Gasteiger partial charge in [0.25, 0.3) is 0 Å². The Bertz CT molecular complexity index is 793. The van der Waals surface area contributed by atoms with Crippen LogP contribution in [0.4, 0.5) is 11.5 Å². The van der Waals surface area contributed by atoms with Crippen LogP contribution >= 0.6 is 0 Å². The van der Waals surface area contributed by atoms with Crippen LogP contribution < -0.4 is 24.6 Å². The van der Waals surface area contributed by atoms with E-state index in [0.29, 0.717) is 5.92 Å².